The van der Waals surface area contributed by atoms with Crippen molar-refractivity contribution in [3.63, 3.8) is 0 Å². The van der Waals surface area contributed by atoms with Gasteiger partial charge in [0.2, 0.25) is 5.76 Å². The van der Waals surface area contributed by atoms with Crippen LogP contribution in [-0.2, 0) is 0 Å². The lowest BCUT2D eigenvalue weighted by Crippen LogP contribution is -2.10. The van der Waals surface area contributed by atoms with Crippen LogP contribution in [0.3, 0.4) is 0 Å². The Hall–Kier alpha value is -2.17. The lowest BCUT2D eigenvalue weighted by atomic mass is 10.3. The SMILES string of the molecule is O=C(Nc1cccc(F)c1)c1ccno1. The fourth-order valence-corrected chi connectivity index (χ4v) is 1.09. The third-order valence-corrected chi connectivity index (χ3v) is 1.74. The number of hydrogen-bond acceptors (Lipinski definition) is 3. The van der Waals surface area contributed by atoms with Crippen molar-refractivity contribution in [1.29, 1.82) is 0 Å². The van der Waals surface area contributed by atoms with Crippen LogP contribution in [0.15, 0.2) is 41.1 Å². The lowest BCUT2D eigenvalue weighted by Gasteiger charge is -2.01. The molecule has 0 saturated carbocycles. The van der Waals surface area contributed by atoms with E-state index in [1.807, 2.05) is 0 Å². The summed E-state index contributed by atoms with van der Waals surface area (Å²) in [5.41, 5.74) is 0.372. The molecule has 0 aliphatic rings. The van der Waals surface area contributed by atoms with Crippen LogP contribution in [0.4, 0.5) is 10.1 Å². The zero-order chi connectivity index (χ0) is 10.7. The average molecular weight is 206 g/mol. The molecule has 1 N–H and O–H groups in total. The number of anilines is 1. The van der Waals surface area contributed by atoms with E-state index in [1.54, 1.807) is 6.07 Å². The second-order valence-electron chi connectivity index (χ2n) is 2.84. The number of carbonyl (C=O) groups is 1. The standard InChI is InChI=1S/C10H7FN2O2/c11-7-2-1-3-8(6-7)13-10(14)9-4-5-12-15-9/h1-6H,(H,13,14). The summed E-state index contributed by atoms with van der Waals surface area (Å²) in [7, 11) is 0. The third kappa shape index (κ3) is 2.19. The molecular weight excluding hydrogens is 199 g/mol. The van der Waals surface area contributed by atoms with E-state index in [4.69, 9.17) is 0 Å². The quantitative estimate of drug-likeness (QED) is 0.818. The van der Waals surface area contributed by atoms with Crippen LogP contribution in [0.2, 0.25) is 0 Å². The van der Waals surface area contributed by atoms with E-state index >= 15 is 0 Å². The number of aromatic nitrogens is 1. The van der Waals surface area contributed by atoms with E-state index in [-0.39, 0.29) is 5.76 Å². The summed E-state index contributed by atoms with van der Waals surface area (Å²) in [5, 5.41) is 5.86. The van der Waals surface area contributed by atoms with Gasteiger partial charge in [-0.3, -0.25) is 4.79 Å². The minimum Gasteiger partial charge on any atom is -0.351 e. The van der Waals surface area contributed by atoms with Gasteiger partial charge in [-0.05, 0) is 18.2 Å². The van der Waals surface area contributed by atoms with Crippen molar-refractivity contribution in [2.45, 2.75) is 0 Å². The fourth-order valence-electron chi connectivity index (χ4n) is 1.09. The summed E-state index contributed by atoms with van der Waals surface area (Å²) in [4.78, 5) is 11.4. The largest absolute Gasteiger partial charge is 0.351 e. The smallest absolute Gasteiger partial charge is 0.294 e. The number of hydrogen-bond donors (Lipinski definition) is 1. The number of nitrogens with one attached hydrogen (secondary N) is 1. The predicted octanol–water partition coefficient (Wildman–Crippen LogP) is 2.07. The maximum Gasteiger partial charge on any atom is 0.294 e. The van der Waals surface area contributed by atoms with Crippen molar-refractivity contribution < 1.29 is 13.7 Å². The van der Waals surface area contributed by atoms with Crippen molar-refractivity contribution in [2.75, 3.05) is 5.32 Å². The van der Waals surface area contributed by atoms with E-state index in [0.29, 0.717) is 5.69 Å². The predicted molar refractivity (Wildman–Crippen MR) is 50.9 cm³/mol. The van der Waals surface area contributed by atoms with E-state index in [2.05, 4.69) is 15.0 Å². The van der Waals surface area contributed by atoms with Crippen LogP contribution in [0.25, 0.3) is 0 Å². The van der Waals surface area contributed by atoms with E-state index < -0.39 is 11.7 Å². The molecule has 0 unspecified atom stereocenters. The van der Waals surface area contributed by atoms with Crippen molar-refractivity contribution in [3.05, 3.63) is 48.1 Å². The molecule has 4 nitrogen and oxygen atoms in total. The van der Waals surface area contributed by atoms with Gasteiger partial charge < -0.3 is 9.84 Å². The van der Waals surface area contributed by atoms with Crippen molar-refractivity contribution >= 4 is 11.6 Å². The molecular formula is C10H7FN2O2. The first-order valence-corrected chi connectivity index (χ1v) is 4.23. The number of amides is 1. The number of rotatable bonds is 2. The molecule has 1 heterocycles. The van der Waals surface area contributed by atoms with Crippen molar-refractivity contribution in [3.8, 4) is 0 Å². The number of nitrogens with zero attached hydrogens (tertiary/aromatic N) is 1. The average Bonchev–Trinajstić information content (AvgIpc) is 2.70. The number of carbonyl (C=O) groups excluding carboxylic acids is 1. The second-order valence-corrected chi connectivity index (χ2v) is 2.84. The van der Waals surface area contributed by atoms with E-state index in [1.165, 1.54) is 30.5 Å². The Bertz CT molecular complexity index is 468. The van der Waals surface area contributed by atoms with Gasteiger partial charge in [0.15, 0.2) is 0 Å². The number of halogens is 1. The first-order chi connectivity index (χ1) is 7.25. The minimum absolute atomic E-state index is 0.0826. The third-order valence-electron chi connectivity index (χ3n) is 1.74. The molecule has 1 aromatic carbocycles. The lowest BCUT2D eigenvalue weighted by molar-refractivity contribution is 0.0988. The van der Waals surface area contributed by atoms with Crippen molar-refractivity contribution in [1.82, 2.24) is 5.16 Å². The zero-order valence-electron chi connectivity index (χ0n) is 7.61. The van der Waals surface area contributed by atoms with Gasteiger partial charge in [-0.25, -0.2) is 4.39 Å². The molecule has 1 amide bonds. The summed E-state index contributed by atoms with van der Waals surface area (Å²) in [6.07, 6.45) is 1.36. The van der Waals surface area contributed by atoms with Crippen LogP contribution < -0.4 is 5.32 Å². The Morgan fingerprint density at radius 1 is 1.40 bits per heavy atom. The van der Waals surface area contributed by atoms with Crippen LogP contribution in [0.5, 0.6) is 0 Å². The maximum atomic E-state index is 12.8. The maximum absolute atomic E-state index is 12.8. The first-order valence-electron chi connectivity index (χ1n) is 4.23. The molecule has 0 saturated heterocycles. The summed E-state index contributed by atoms with van der Waals surface area (Å²) in [5.74, 6) is -0.789. The Kier molecular flexibility index (Phi) is 2.45. The molecule has 5 heteroatoms. The minimum atomic E-state index is -0.460. The highest BCUT2D eigenvalue weighted by Gasteiger charge is 2.09. The molecule has 0 radical (unpaired) electrons. The molecule has 0 fully saturated rings. The molecule has 0 bridgehead atoms. The van der Waals surface area contributed by atoms with Gasteiger partial charge in [-0.1, -0.05) is 11.2 Å². The van der Waals surface area contributed by atoms with Crippen LogP contribution >= 0.6 is 0 Å². The van der Waals surface area contributed by atoms with Gasteiger partial charge in [-0.15, -0.1) is 0 Å². The zero-order valence-corrected chi connectivity index (χ0v) is 7.61. The molecule has 2 rings (SSSR count). The molecule has 0 aliphatic heterocycles. The van der Waals surface area contributed by atoms with E-state index in [0.717, 1.165) is 0 Å². The molecule has 0 atom stereocenters. The summed E-state index contributed by atoms with van der Waals surface area (Å²) >= 11 is 0. The first kappa shape index (κ1) is 9.39. The molecule has 2 aromatic rings. The summed E-state index contributed by atoms with van der Waals surface area (Å²) < 4.78 is 17.4. The van der Waals surface area contributed by atoms with Gasteiger partial charge in [0.1, 0.15) is 5.82 Å². The normalized spacial score (nSPS) is 9.93. The molecule has 15 heavy (non-hydrogen) atoms. The highest BCUT2D eigenvalue weighted by atomic mass is 19.1. The Morgan fingerprint density at radius 3 is 2.93 bits per heavy atom. The van der Waals surface area contributed by atoms with Crippen LogP contribution in [-0.4, -0.2) is 11.1 Å². The molecule has 0 spiro atoms. The topological polar surface area (TPSA) is 55.1 Å². The van der Waals surface area contributed by atoms with Gasteiger partial charge >= 0.3 is 0 Å². The van der Waals surface area contributed by atoms with E-state index in [9.17, 15) is 9.18 Å². The monoisotopic (exact) mass is 206 g/mol. The van der Waals surface area contributed by atoms with Gasteiger partial charge in [0, 0.05) is 11.8 Å². The second kappa shape index (κ2) is 3.91. The summed E-state index contributed by atoms with van der Waals surface area (Å²) in [6.45, 7) is 0. The Balaban J connectivity index is 2.13. The van der Waals surface area contributed by atoms with Crippen molar-refractivity contribution in [2.24, 2.45) is 0 Å². The number of benzene rings is 1. The highest BCUT2D eigenvalue weighted by Crippen LogP contribution is 2.10. The van der Waals surface area contributed by atoms with Gasteiger partial charge in [-0.2, -0.15) is 0 Å². The Labute approximate surface area is 84.7 Å². The summed E-state index contributed by atoms with van der Waals surface area (Å²) in [6, 6.07) is 7.02. The van der Waals surface area contributed by atoms with Gasteiger partial charge in [0.25, 0.3) is 5.91 Å². The highest BCUT2D eigenvalue weighted by molar-refractivity contribution is 6.02. The molecule has 0 aliphatic carbocycles. The Morgan fingerprint density at radius 2 is 2.27 bits per heavy atom. The van der Waals surface area contributed by atoms with Crippen LogP contribution in [0, 0.1) is 5.82 Å². The fraction of sp³-hybridized carbons (Fsp3) is 0. The molecule has 1 aromatic heterocycles. The molecule has 76 valence electrons. The van der Waals surface area contributed by atoms with Crippen LogP contribution in [0.1, 0.15) is 10.6 Å². The van der Waals surface area contributed by atoms with Gasteiger partial charge in [0.05, 0.1) is 6.20 Å².